The zero-order valence-corrected chi connectivity index (χ0v) is 10.0. The number of aryl methyl sites for hydroxylation is 1. The van der Waals surface area contributed by atoms with Gasteiger partial charge in [-0.1, -0.05) is 23.7 Å². The summed E-state index contributed by atoms with van der Waals surface area (Å²) in [5.74, 6) is -0.307. The number of halogens is 1. The molecular weight excluding hydrogens is 228 g/mol. The largest absolute Gasteiger partial charge is 0.383 e. The van der Waals surface area contributed by atoms with Crippen LogP contribution >= 0.6 is 11.6 Å². The highest BCUT2D eigenvalue weighted by Gasteiger charge is 2.15. The van der Waals surface area contributed by atoms with Crippen LogP contribution in [0.1, 0.15) is 5.56 Å². The van der Waals surface area contributed by atoms with Crippen LogP contribution in [-0.4, -0.2) is 25.7 Å². The van der Waals surface area contributed by atoms with Gasteiger partial charge in [-0.3, -0.25) is 4.79 Å². The van der Waals surface area contributed by atoms with Gasteiger partial charge in [0.2, 0.25) is 5.91 Å². The van der Waals surface area contributed by atoms with Crippen LogP contribution in [0.4, 0.5) is 5.69 Å². The molecule has 1 rings (SSSR count). The Bertz CT molecular complexity index is 362. The number of nitrogens with one attached hydrogen (secondary N) is 1. The van der Waals surface area contributed by atoms with Crippen molar-refractivity contribution in [2.75, 3.05) is 19.0 Å². The molecule has 1 atom stereocenters. The number of carbonyl (C=O) groups is 1. The van der Waals surface area contributed by atoms with E-state index in [9.17, 15) is 4.79 Å². The van der Waals surface area contributed by atoms with Crippen LogP contribution in [0, 0.1) is 6.92 Å². The Morgan fingerprint density at radius 1 is 1.62 bits per heavy atom. The van der Waals surface area contributed by atoms with Crippen LogP contribution in [-0.2, 0) is 9.53 Å². The van der Waals surface area contributed by atoms with Gasteiger partial charge in [-0.05, 0) is 18.6 Å². The van der Waals surface area contributed by atoms with Crippen LogP contribution in [0.5, 0.6) is 0 Å². The van der Waals surface area contributed by atoms with E-state index in [1.54, 1.807) is 6.07 Å². The molecule has 0 aliphatic rings. The van der Waals surface area contributed by atoms with Crippen LogP contribution in [0.3, 0.4) is 0 Å². The van der Waals surface area contributed by atoms with Crippen LogP contribution in [0.15, 0.2) is 18.2 Å². The van der Waals surface area contributed by atoms with Crippen LogP contribution < -0.4 is 11.1 Å². The van der Waals surface area contributed by atoms with E-state index in [4.69, 9.17) is 22.1 Å². The molecule has 0 saturated heterocycles. The lowest BCUT2D eigenvalue weighted by Crippen LogP contribution is -2.39. The molecule has 0 fully saturated rings. The van der Waals surface area contributed by atoms with Gasteiger partial charge in [0.25, 0.3) is 0 Å². The van der Waals surface area contributed by atoms with Crippen LogP contribution in [0.25, 0.3) is 0 Å². The average molecular weight is 243 g/mol. The fourth-order valence-corrected chi connectivity index (χ4v) is 1.53. The maximum Gasteiger partial charge on any atom is 0.243 e. The maximum atomic E-state index is 11.6. The highest BCUT2D eigenvalue weighted by atomic mass is 35.5. The van der Waals surface area contributed by atoms with Crippen molar-refractivity contribution >= 4 is 23.2 Å². The lowest BCUT2D eigenvalue weighted by Gasteiger charge is -2.14. The first kappa shape index (κ1) is 13.0. The van der Waals surface area contributed by atoms with E-state index < -0.39 is 6.04 Å². The zero-order valence-electron chi connectivity index (χ0n) is 9.29. The lowest BCUT2D eigenvalue weighted by atomic mass is 10.2. The molecule has 0 saturated carbocycles. The molecule has 0 spiro atoms. The predicted molar refractivity (Wildman–Crippen MR) is 64.7 cm³/mol. The minimum absolute atomic E-state index is 0.176. The summed E-state index contributed by atoms with van der Waals surface area (Å²) in [6, 6.07) is 4.71. The minimum atomic E-state index is -0.694. The first-order valence-corrected chi connectivity index (χ1v) is 5.24. The van der Waals surface area contributed by atoms with E-state index in [-0.39, 0.29) is 12.5 Å². The van der Waals surface area contributed by atoms with Gasteiger partial charge in [-0.15, -0.1) is 0 Å². The summed E-state index contributed by atoms with van der Waals surface area (Å²) in [5.41, 5.74) is 7.09. The standard InChI is InChI=1S/C11H15ClN2O2/c1-7-4-3-5-8(12)10(7)14-11(15)9(13)6-16-2/h3-5,9H,6,13H2,1-2H3,(H,14,15). The van der Waals surface area contributed by atoms with E-state index in [1.165, 1.54) is 7.11 Å². The zero-order chi connectivity index (χ0) is 12.1. The van der Waals surface area contributed by atoms with Gasteiger partial charge in [0.15, 0.2) is 0 Å². The number of ether oxygens (including phenoxy) is 1. The summed E-state index contributed by atoms with van der Waals surface area (Å²) in [5, 5.41) is 3.19. The molecule has 1 unspecified atom stereocenters. The maximum absolute atomic E-state index is 11.6. The Labute approximate surface area is 99.7 Å². The molecule has 0 aliphatic heterocycles. The van der Waals surface area contributed by atoms with E-state index >= 15 is 0 Å². The van der Waals surface area contributed by atoms with Gasteiger partial charge in [0.1, 0.15) is 6.04 Å². The number of carbonyl (C=O) groups excluding carboxylic acids is 1. The summed E-state index contributed by atoms with van der Waals surface area (Å²) in [6.07, 6.45) is 0. The molecule has 0 radical (unpaired) electrons. The molecule has 5 heteroatoms. The highest BCUT2D eigenvalue weighted by molar-refractivity contribution is 6.34. The molecule has 16 heavy (non-hydrogen) atoms. The van der Waals surface area contributed by atoms with E-state index in [1.807, 2.05) is 19.1 Å². The van der Waals surface area contributed by atoms with Crippen molar-refractivity contribution in [2.45, 2.75) is 13.0 Å². The topological polar surface area (TPSA) is 64.3 Å². The number of hydrogen-bond donors (Lipinski definition) is 2. The van der Waals surface area contributed by atoms with Gasteiger partial charge in [0.05, 0.1) is 17.3 Å². The lowest BCUT2D eigenvalue weighted by molar-refractivity contribution is -0.118. The fourth-order valence-electron chi connectivity index (χ4n) is 1.26. The van der Waals surface area contributed by atoms with Crippen molar-refractivity contribution < 1.29 is 9.53 Å². The summed E-state index contributed by atoms with van der Waals surface area (Å²) in [6.45, 7) is 2.04. The molecule has 1 aromatic rings. The van der Waals surface area contributed by atoms with Gasteiger partial charge < -0.3 is 15.8 Å². The smallest absolute Gasteiger partial charge is 0.243 e. The molecular formula is C11H15ClN2O2. The van der Waals surface area contributed by atoms with E-state index in [0.717, 1.165) is 5.56 Å². The molecule has 0 bridgehead atoms. The number of anilines is 1. The molecule has 0 aromatic heterocycles. The third kappa shape index (κ3) is 3.20. The van der Waals surface area contributed by atoms with Crippen molar-refractivity contribution in [3.63, 3.8) is 0 Å². The number of benzene rings is 1. The number of para-hydroxylation sites is 1. The molecule has 4 nitrogen and oxygen atoms in total. The average Bonchev–Trinajstić information content (AvgIpc) is 2.23. The quantitative estimate of drug-likeness (QED) is 0.842. The van der Waals surface area contributed by atoms with Crippen molar-refractivity contribution in [1.29, 1.82) is 0 Å². The molecule has 3 N–H and O–H groups in total. The Morgan fingerprint density at radius 2 is 2.31 bits per heavy atom. The highest BCUT2D eigenvalue weighted by Crippen LogP contribution is 2.25. The Morgan fingerprint density at radius 3 is 2.88 bits per heavy atom. The third-order valence-electron chi connectivity index (χ3n) is 2.15. The summed E-state index contributed by atoms with van der Waals surface area (Å²) < 4.78 is 4.80. The first-order valence-electron chi connectivity index (χ1n) is 4.86. The van der Waals surface area contributed by atoms with Crippen molar-refractivity contribution in [2.24, 2.45) is 5.73 Å². The third-order valence-corrected chi connectivity index (χ3v) is 2.47. The second-order valence-electron chi connectivity index (χ2n) is 3.48. The molecule has 88 valence electrons. The van der Waals surface area contributed by atoms with Gasteiger partial charge >= 0.3 is 0 Å². The summed E-state index contributed by atoms with van der Waals surface area (Å²) >= 11 is 5.97. The number of methoxy groups -OCH3 is 1. The Hall–Kier alpha value is -1.10. The van der Waals surface area contributed by atoms with Crippen molar-refractivity contribution in [3.05, 3.63) is 28.8 Å². The molecule has 0 aliphatic carbocycles. The number of rotatable bonds is 4. The number of hydrogen-bond acceptors (Lipinski definition) is 3. The second-order valence-corrected chi connectivity index (χ2v) is 3.89. The van der Waals surface area contributed by atoms with E-state index in [0.29, 0.717) is 10.7 Å². The normalized spacial score (nSPS) is 12.2. The predicted octanol–water partition coefficient (Wildman–Crippen LogP) is 1.56. The SMILES string of the molecule is COCC(N)C(=O)Nc1c(C)cccc1Cl. The number of nitrogens with two attached hydrogens (primary N) is 1. The monoisotopic (exact) mass is 242 g/mol. The van der Waals surface area contributed by atoms with Gasteiger partial charge in [0, 0.05) is 7.11 Å². The Balaban J connectivity index is 2.77. The first-order chi connectivity index (χ1) is 7.56. The number of amides is 1. The van der Waals surface area contributed by atoms with Crippen molar-refractivity contribution in [3.8, 4) is 0 Å². The molecule has 0 heterocycles. The van der Waals surface area contributed by atoms with Crippen molar-refractivity contribution in [1.82, 2.24) is 0 Å². The van der Waals surface area contributed by atoms with Crippen LogP contribution in [0.2, 0.25) is 5.02 Å². The Kier molecular flexibility index (Phi) is 4.73. The molecule has 1 amide bonds. The van der Waals surface area contributed by atoms with Gasteiger partial charge in [-0.2, -0.15) is 0 Å². The summed E-state index contributed by atoms with van der Waals surface area (Å²) in [7, 11) is 1.49. The van der Waals surface area contributed by atoms with Gasteiger partial charge in [-0.25, -0.2) is 0 Å². The minimum Gasteiger partial charge on any atom is -0.383 e. The molecule has 1 aromatic carbocycles. The van der Waals surface area contributed by atoms with E-state index in [2.05, 4.69) is 5.32 Å². The second kappa shape index (κ2) is 5.84. The summed E-state index contributed by atoms with van der Waals surface area (Å²) in [4.78, 5) is 11.6. The fraction of sp³-hybridized carbons (Fsp3) is 0.364.